The molecule has 2 aromatic rings. The van der Waals surface area contributed by atoms with Crippen LogP contribution >= 0.6 is 11.6 Å². The molecule has 6 nitrogen and oxygen atoms in total. The second-order valence-electron chi connectivity index (χ2n) is 7.33. The van der Waals surface area contributed by atoms with E-state index in [4.69, 9.17) is 16.3 Å². The van der Waals surface area contributed by atoms with E-state index in [2.05, 4.69) is 4.72 Å². The van der Waals surface area contributed by atoms with Crippen LogP contribution in [0.3, 0.4) is 0 Å². The van der Waals surface area contributed by atoms with Gasteiger partial charge >= 0.3 is 0 Å². The van der Waals surface area contributed by atoms with Gasteiger partial charge in [0.15, 0.2) is 0 Å². The molecule has 0 saturated heterocycles. The van der Waals surface area contributed by atoms with Crippen LogP contribution in [0.15, 0.2) is 41.3 Å². The minimum Gasteiger partial charge on any atom is -0.495 e. The summed E-state index contributed by atoms with van der Waals surface area (Å²) in [5.74, 6) is -0.827. The molecule has 1 saturated carbocycles. The van der Waals surface area contributed by atoms with Crippen molar-refractivity contribution in [3.8, 4) is 5.75 Å². The molecule has 3 rings (SSSR count). The molecule has 162 valence electrons. The van der Waals surface area contributed by atoms with Gasteiger partial charge in [-0.3, -0.25) is 4.79 Å². The van der Waals surface area contributed by atoms with E-state index in [0.717, 1.165) is 25.7 Å². The van der Waals surface area contributed by atoms with E-state index in [1.54, 1.807) is 6.07 Å². The van der Waals surface area contributed by atoms with Crippen LogP contribution in [0.25, 0.3) is 0 Å². The number of benzene rings is 2. The molecule has 1 amide bonds. The Bertz CT molecular complexity index is 1020. The van der Waals surface area contributed by atoms with Crippen molar-refractivity contribution in [1.82, 2.24) is 9.62 Å². The number of methoxy groups -OCH3 is 1. The summed E-state index contributed by atoms with van der Waals surface area (Å²) in [6, 6.07) is 8.40. The summed E-state index contributed by atoms with van der Waals surface area (Å²) in [6.45, 7) is -0.0568. The Balaban J connectivity index is 1.87. The Morgan fingerprint density at radius 2 is 1.97 bits per heavy atom. The highest BCUT2D eigenvalue weighted by Crippen LogP contribution is 2.28. The third kappa shape index (κ3) is 4.94. The van der Waals surface area contributed by atoms with Gasteiger partial charge in [0.1, 0.15) is 16.5 Å². The first kappa shape index (κ1) is 22.5. The minimum atomic E-state index is -3.87. The van der Waals surface area contributed by atoms with Crippen LogP contribution in [0.4, 0.5) is 4.39 Å². The second kappa shape index (κ2) is 9.32. The van der Waals surface area contributed by atoms with E-state index < -0.39 is 21.7 Å². The number of rotatable bonds is 7. The lowest BCUT2D eigenvalue weighted by atomic mass is 10.1. The van der Waals surface area contributed by atoms with Gasteiger partial charge in [-0.2, -0.15) is 0 Å². The normalized spacial score (nSPS) is 14.7. The Labute approximate surface area is 181 Å². The third-order valence-corrected chi connectivity index (χ3v) is 7.08. The molecule has 1 N–H and O–H groups in total. The zero-order valence-electron chi connectivity index (χ0n) is 16.8. The highest BCUT2D eigenvalue weighted by atomic mass is 35.5. The summed E-state index contributed by atoms with van der Waals surface area (Å²) in [5.41, 5.74) is 0.344. The molecule has 0 spiro atoms. The fraction of sp³-hybridized carbons (Fsp3) is 0.381. The summed E-state index contributed by atoms with van der Waals surface area (Å²) in [5, 5.41) is 0.216. The maximum absolute atomic E-state index is 14.1. The molecule has 0 unspecified atom stereocenters. The van der Waals surface area contributed by atoms with Gasteiger partial charge in [-0.1, -0.05) is 30.5 Å². The van der Waals surface area contributed by atoms with E-state index >= 15 is 0 Å². The minimum absolute atomic E-state index is 0.0568. The van der Waals surface area contributed by atoms with Crippen LogP contribution in [0, 0.1) is 5.82 Å². The molecule has 1 fully saturated rings. The van der Waals surface area contributed by atoms with Gasteiger partial charge in [0, 0.05) is 35.8 Å². The predicted molar refractivity (Wildman–Crippen MR) is 113 cm³/mol. The first-order valence-electron chi connectivity index (χ1n) is 9.61. The highest BCUT2D eigenvalue weighted by molar-refractivity contribution is 7.89. The van der Waals surface area contributed by atoms with Crippen LogP contribution in [-0.2, 0) is 16.6 Å². The lowest BCUT2D eigenvalue weighted by Gasteiger charge is -2.20. The average molecular weight is 455 g/mol. The average Bonchev–Trinajstić information content (AvgIpc) is 3.22. The Morgan fingerprint density at radius 3 is 2.60 bits per heavy atom. The number of halogens is 2. The Morgan fingerprint density at radius 1 is 1.27 bits per heavy atom. The van der Waals surface area contributed by atoms with Gasteiger partial charge in [-0.05, 0) is 43.2 Å². The zero-order chi connectivity index (χ0) is 21.9. The van der Waals surface area contributed by atoms with Crippen LogP contribution in [-0.4, -0.2) is 39.4 Å². The maximum Gasteiger partial charge on any atom is 0.253 e. The molecule has 1 aliphatic rings. The fourth-order valence-corrected chi connectivity index (χ4v) is 5.28. The van der Waals surface area contributed by atoms with Crippen molar-refractivity contribution in [1.29, 1.82) is 0 Å². The number of hydrogen-bond acceptors (Lipinski definition) is 4. The first-order valence-corrected chi connectivity index (χ1v) is 11.5. The standard InChI is InChI=1S/C21H24ClFN2O4S/c1-25(13-16-17(22)8-5-9-18(16)23)21(26)14-10-11-19(29-2)20(12-14)30(27,28)24-15-6-3-4-7-15/h5,8-12,15,24H,3-4,6-7,13H2,1-2H3. The molecular weight excluding hydrogens is 431 g/mol. The van der Waals surface area contributed by atoms with E-state index in [9.17, 15) is 17.6 Å². The molecule has 0 radical (unpaired) electrons. The van der Waals surface area contributed by atoms with E-state index in [1.807, 2.05) is 0 Å². The lowest BCUT2D eigenvalue weighted by Crippen LogP contribution is -2.33. The summed E-state index contributed by atoms with van der Waals surface area (Å²) in [6.07, 6.45) is 3.52. The molecule has 1 aliphatic carbocycles. The topological polar surface area (TPSA) is 75.7 Å². The van der Waals surface area contributed by atoms with Crippen molar-refractivity contribution >= 4 is 27.5 Å². The highest BCUT2D eigenvalue weighted by Gasteiger charge is 2.27. The van der Waals surface area contributed by atoms with Gasteiger partial charge in [0.25, 0.3) is 5.91 Å². The fourth-order valence-electron chi connectivity index (χ4n) is 3.56. The first-order chi connectivity index (χ1) is 14.2. The largest absolute Gasteiger partial charge is 0.495 e. The molecule has 2 aromatic carbocycles. The van der Waals surface area contributed by atoms with Gasteiger partial charge < -0.3 is 9.64 Å². The number of ether oxygens (including phenoxy) is 1. The van der Waals surface area contributed by atoms with Crippen molar-refractivity contribution in [2.24, 2.45) is 0 Å². The van der Waals surface area contributed by atoms with Gasteiger partial charge in [-0.15, -0.1) is 0 Å². The van der Waals surface area contributed by atoms with Crippen molar-refractivity contribution in [3.63, 3.8) is 0 Å². The number of carbonyl (C=O) groups excluding carboxylic acids is 1. The molecule has 0 heterocycles. The van der Waals surface area contributed by atoms with Crippen LogP contribution in [0.5, 0.6) is 5.75 Å². The Kier molecular flexibility index (Phi) is 7.00. The van der Waals surface area contributed by atoms with Gasteiger partial charge in [0.05, 0.1) is 7.11 Å². The molecule has 0 aromatic heterocycles. The summed E-state index contributed by atoms with van der Waals surface area (Å²) >= 11 is 6.05. The van der Waals surface area contributed by atoms with Crippen molar-refractivity contribution in [2.45, 2.75) is 43.2 Å². The van der Waals surface area contributed by atoms with E-state index in [-0.39, 0.29) is 39.4 Å². The van der Waals surface area contributed by atoms with Crippen molar-refractivity contribution in [2.75, 3.05) is 14.2 Å². The Hall–Kier alpha value is -2.16. The van der Waals surface area contributed by atoms with Crippen molar-refractivity contribution in [3.05, 3.63) is 58.4 Å². The number of nitrogens with zero attached hydrogens (tertiary/aromatic N) is 1. The summed E-state index contributed by atoms with van der Waals surface area (Å²) in [4.78, 5) is 14.1. The quantitative estimate of drug-likeness (QED) is 0.686. The molecule has 30 heavy (non-hydrogen) atoms. The zero-order valence-corrected chi connectivity index (χ0v) is 18.4. The van der Waals surface area contributed by atoms with Crippen LogP contribution < -0.4 is 9.46 Å². The third-order valence-electron chi connectivity index (χ3n) is 5.18. The summed E-state index contributed by atoms with van der Waals surface area (Å²) < 4.78 is 47.8. The summed E-state index contributed by atoms with van der Waals surface area (Å²) in [7, 11) is -0.994. The molecule has 0 bridgehead atoms. The maximum atomic E-state index is 14.1. The van der Waals surface area contributed by atoms with Crippen LogP contribution in [0.2, 0.25) is 5.02 Å². The molecule has 0 atom stereocenters. The number of nitrogens with one attached hydrogen (secondary N) is 1. The SMILES string of the molecule is COc1ccc(C(=O)N(C)Cc2c(F)cccc2Cl)cc1S(=O)(=O)NC1CCCC1. The molecule has 0 aliphatic heterocycles. The number of carbonyl (C=O) groups is 1. The lowest BCUT2D eigenvalue weighted by molar-refractivity contribution is 0.0783. The van der Waals surface area contributed by atoms with E-state index in [1.165, 1.54) is 49.4 Å². The number of amides is 1. The van der Waals surface area contributed by atoms with Gasteiger partial charge in [-0.25, -0.2) is 17.5 Å². The smallest absolute Gasteiger partial charge is 0.253 e. The molecule has 9 heteroatoms. The van der Waals surface area contributed by atoms with Crippen molar-refractivity contribution < 1.29 is 22.3 Å². The van der Waals surface area contributed by atoms with Crippen LogP contribution in [0.1, 0.15) is 41.6 Å². The number of sulfonamides is 1. The number of hydrogen-bond donors (Lipinski definition) is 1. The monoisotopic (exact) mass is 454 g/mol. The van der Waals surface area contributed by atoms with Gasteiger partial charge in [0.2, 0.25) is 10.0 Å². The molecular formula is C21H24ClFN2O4S. The predicted octanol–water partition coefficient (Wildman–Crippen LogP) is 3.98. The second-order valence-corrected chi connectivity index (χ2v) is 9.42. The van der Waals surface area contributed by atoms with E-state index in [0.29, 0.717) is 0 Å².